The minimum absolute atomic E-state index is 0.499. The molecule has 0 bridgehead atoms. The second-order valence-corrected chi connectivity index (χ2v) is 7.96. The fourth-order valence-corrected chi connectivity index (χ4v) is 4.32. The van der Waals surface area contributed by atoms with Crippen molar-refractivity contribution in [3.63, 3.8) is 0 Å². The van der Waals surface area contributed by atoms with E-state index in [9.17, 15) is 0 Å². The Morgan fingerprint density at radius 3 is 2.53 bits per heavy atom. The average molecular weight is 391 g/mol. The van der Waals surface area contributed by atoms with Gasteiger partial charge in [0.2, 0.25) is 0 Å². The van der Waals surface area contributed by atoms with Crippen molar-refractivity contribution < 1.29 is 0 Å². The van der Waals surface area contributed by atoms with Crippen molar-refractivity contribution in [2.45, 2.75) is 25.3 Å². The molecule has 0 spiro atoms. The van der Waals surface area contributed by atoms with Crippen LogP contribution in [0.25, 0.3) is 44.3 Å². The van der Waals surface area contributed by atoms with Gasteiger partial charge in [0, 0.05) is 28.8 Å². The summed E-state index contributed by atoms with van der Waals surface area (Å²) in [6.07, 6.45) is 7.40. The molecule has 0 saturated heterocycles. The van der Waals surface area contributed by atoms with Gasteiger partial charge in [-0.1, -0.05) is 48.5 Å². The lowest BCUT2D eigenvalue weighted by atomic mass is 9.93. The molecule has 6 rings (SSSR count). The van der Waals surface area contributed by atoms with E-state index in [4.69, 9.17) is 10.7 Å². The maximum Gasteiger partial charge on any atom is 0.146 e. The van der Waals surface area contributed by atoms with Crippen molar-refractivity contribution in [1.82, 2.24) is 19.5 Å². The molecular formula is C25H21N5. The Bertz CT molecular complexity index is 1380. The number of rotatable bonds is 3. The standard InChI is InChI=1S/C25H21N5/c26-24-23-20(14-30(19-7-4-8-19)25(23)28-15-27-24)18-10-9-17-11-12-21(29-22(17)13-18)16-5-2-1-3-6-16/h1-3,5-6,9-15,19H,4,7-8H2,(H2,26,27,28). The van der Waals surface area contributed by atoms with E-state index in [1.165, 1.54) is 19.3 Å². The summed E-state index contributed by atoms with van der Waals surface area (Å²) < 4.78 is 2.28. The molecule has 5 heteroatoms. The Balaban J connectivity index is 1.53. The lowest BCUT2D eigenvalue weighted by molar-refractivity contribution is 0.320. The number of anilines is 1. The van der Waals surface area contributed by atoms with Gasteiger partial charge < -0.3 is 10.3 Å². The lowest BCUT2D eigenvalue weighted by Gasteiger charge is -2.27. The van der Waals surface area contributed by atoms with Gasteiger partial charge in [-0.2, -0.15) is 0 Å². The highest BCUT2D eigenvalue weighted by molar-refractivity contribution is 6.02. The number of fused-ring (bicyclic) bond motifs is 2. The molecule has 2 N–H and O–H groups in total. The van der Waals surface area contributed by atoms with Crippen LogP contribution in [0.4, 0.5) is 5.82 Å². The van der Waals surface area contributed by atoms with Crippen LogP contribution in [0, 0.1) is 0 Å². The molecule has 0 aliphatic heterocycles. The first-order valence-electron chi connectivity index (χ1n) is 10.4. The Morgan fingerprint density at radius 1 is 0.900 bits per heavy atom. The number of nitrogen functional groups attached to an aromatic ring is 1. The second kappa shape index (κ2) is 6.66. The van der Waals surface area contributed by atoms with Crippen LogP contribution in [0.2, 0.25) is 0 Å². The van der Waals surface area contributed by atoms with Crippen LogP contribution < -0.4 is 5.73 Å². The third-order valence-electron chi connectivity index (χ3n) is 6.18. The summed E-state index contributed by atoms with van der Waals surface area (Å²) in [6.45, 7) is 0. The second-order valence-electron chi connectivity index (χ2n) is 7.96. The van der Waals surface area contributed by atoms with E-state index in [2.05, 4.69) is 63.2 Å². The van der Waals surface area contributed by atoms with Crippen LogP contribution in [0.5, 0.6) is 0 Å². The van der Waals surface area contributed by atoms with Crippen LogP contribution in [0.1, 0.15) is 25.3 Å². The zero-order valence-electron chi connectivity index (χ0n) is 16.5. The topological polar surface area (TPSA) is 69.6 Å². The highest BCUT2D eigenvalue weighted by atomic mass is 15.1. The van der Waals surface area contributed by atoms with Crippen LogP contribution in [-0.2, 0) is 0 Å². The zero-order valence-corrected chi connectivity index (χ0v) is 16.5. The molecule has 1 aliphatic rings. The maximum atomic E-state index is 6.30. The van der Waals surface area contributed by atoms with Gasteiger partial charge in [-0.3, -0.25) is 0 Å². The Kier molecular flexibility index (Phi) is 3.81. The molecule has 1 fully saturated rings. The quantitative estimate of drug-likeness (QED) is 0.433. The molecular weight excluding hydrogens is 370 g/mol. The predicted octanol–water partition coefficient (Wildman–Crippen LogP) is 5.62. The SMILES string of the molecule is Nc1ncnc2c1c(-c1ccc3ccc(-c4ccccc4)nc3c1)cn2C1CCC1. The Morgan fingerprint density at radius 2 is 1.73 bits per heavy atom. The summed E-state index contributed by atoms with van der Waals surface area (Å²) in [4.78, 5) is 13.8. The molecule has 5 aromatic rings. The molecule has 1 saturated carbocycles. The van der Waals surface area contributed by atoms with Gasteiger partial charge in [0.15, 0.2) is 0 Å². The van der Waals surface area contributed by atoms with E-state index in [-0.39, 0.29) is 0 Å². The number of hydrogen-bond acceptors (Lipinski definition) is 4. The number of nitrogens with two attached hydrogens (primary N) is 1. The van der Waals surface area contributed by atoms with E-state index in [0.717, 1.165) is 44.3 Å². The van der Waals surface area contributed by atoms with E-state index >= 15 is 0 Å². The van der Waals surface area contributed by atoms with Gasteiger partial charge in [0.1, 0.15) is 17.8 Å². The summed E-state index contributed by atoms with van der Waals surface area (Å²) in [5, 5.41) is 2.05. The predicted molar refractivity (Wildman–Crippen MR) is 121 cm³/mol. The highest BCUT2D eigenvalue weighted by Crippen LogP contribution is 2.40. The van der Waals surface area contributed by atoms with Gasteiger partial charge in [0.05, 0.1) is 16.6 Å². The highest BCUT2D eigenvalue weighted by Gasteiger charge is 2.24. The van der Waals surface area contributed by atoms with Crippen molar-refractivity contribution in [3.05, 3.63) is 73.2 Å². The molecule has 1 aliphatic carbocycles. The smallest absolute Gasteiger partial charge is 0.146 e. The Hall–Kier alpha value is -3.73. The minimum Gasteiger partial charge on any atom is -0.383 e. The van der Waals surface area contributed by atoms with Crippen molar-refractivity contribution in [3.8, 4) is 22.4 Å². The number of pyridine rings is 1. The minimum atomic E-state index is 0.499. The molecule has 0 unspecified atom stereocenters. The first kappa shape index (κ1) is 17.2. The summed E-state index contributed by atoms with van der Waals surface area (Å²) in [6, 6.07) is 21.4. The summed E-state index contributed by atoms with van der Waals surface area (Å²) in [5.74, 6) is 0.527. The average Bonchev–Trinajstić information content (AvgIpc) is 3.13. The normalized spacial score (nSPS) is 14.3. The van der Waals surface area contributed by atoms with Gasteiger partial charge in [-0.25, -0.2) is 15.0 Å². The van der Waals surface area contributed by atoms with Crippen LogP contribution in [0.3, 0.4) is 0 Å². The third-order valence-corrected chi connectivity index (χ3v) is 6.18. The Labute approximate surface area is 174 Å². The zero-order chi connectivity index (χ0) is 20.1. The molecule has 0 atom stereocenters. The molecule has 30 heavy (non-hydrogen) atoms. The van der Waals surface area contributed by atoms with Crippen molar-refractivity contribution >= 4 is 27.8 Å². The van der Waals surface area contributed by atoms with Crippen molar-refractivity contribution in [2.75, 3.05) is 5.73 Å². The molecule has 0 amide bonds. The van der Waals surface area contributed by atoms with Crippen LogP contribution in [0.15, 0.2) is 73.2 Å². The first-order valence-corrected chi connectivity index (χ1v) is 10.4. The van der Waals surface area contributed by atoms with Gasteiger partial charge in [0.25, 0.3) is 0 Å². The third kappa shape index (κ3) is 2.66. The fraction of sp³-hybridized carbons (Fsp3) is 0.160. The van der Waals surface area contributed by atoms with E-state index < -0.39 is 0 Å². The molecule has 0 radical (unpaired) electrons. The summed E-state index contributed by atoms with van der Waals surface area (Å²) in [5.41, 5.74) is 12.4. The summed E-state index contributed by atoms with van der Waals surface area (Å²) >= 11 is 0. The first-order chi connectivity index (χ1) is 14.8. The molecule has 2 aromatic carbocycles. The van der Waals surface area contributed by atoms with E-state index in [1.807, 2.05) is 18.2 Å². The number of benzene rings is 2. The lowest BCUT2D eigenvalue weighted by Crippen LogP contribution is -2.16. The number of aromatic nitrogens is 4. The molecule has 146 valence electrons. The van der Waals surface area contributed by atoms with E-state index in [0.29, 0.717) is 11.9 Å². The van der Waals surface area contributed by atoms with Crippen LogP contribution >= 0.6 is 0 Å². The van der Waals surface area contributed by atoms with Gasteiger partial charge >= 0.3 is 0 Å². The number of nitrogens with zero attached hydrogens (tertiary/aromatic N) is 4. The summed E-state index contributed by atoms with van der Waals surface area (Å²) in [7, 11) is 0. The largest absolute Gasteiger partial charge is 0.383 e. The van der Waals surface area contributed by atoms with Gasteiger partial charge in [-0.05, 0) is 37.0 Å². The van der Waals surface area contributed by atoms with Crippen molar-refractivity contribution in [2.24, 2.45) is 0 Å². The monoisotopic (exact) mass is 391 g/mol. The number of hydrogen-bond donors (Lipinski definition) is 1. The fourth-order valence-electron chi connectivity index (χ4n) is 4.32. The van der Waals surface area contributed by atoms with Crippen molar-refractivity contribution in [1.29, 1.82) is 0 Å². The van der Waals surface area contributed by atoms with Gasteiger partial charge in [-0.15, -0.1) is 0 Å². The van der Waals surface area contributed by atoms with Crippen LogP contribution in [-0.4, -0.2) is 19.5 Å². The van der Waals surface area contributed by atoms with E-state index in [1.54, 1.807) is 6.33 Å². The molecule has 3 heterocycles. The molecule has 3 aromatic heterocycles. The molecule has 5 nitrogen and oxygen atoms in total. The maximum absolute atomic E-state index is 6.30.